The largest absolute Gasteiger partial charge is 0.490 e. The van der Waals surface area contributed by atoms with Crippen LogP contribution >= 0.6 is 0 Å². The molecule has 0 aliphatic carbocycles. The van der Waals surface area contributed by atoms with Gasteiger partial charge in [-0.2, -0.15) is 0 Å². The molecule has 0 aliphatic rings. The molecule has 0 spiro atoms. The highest BCUT2D eigenvalue weighted by molar-refractivity contribution is 7.95. The number of nitrogens with one attached hydrogen (secondary N) is 1. The van der Waals surface area contributed by atoms with E-state index in [4.69, 9.17) is 18.9 Å². The van der Waals surface area contributed by atoms with Crippen molar-refractivity contribution in [2.45, 2.75) is 19.4 Å². The van der Waals surface area contributed by atoms with Crippen LogP contribution in [-0.2, 0) is 34.7 Å². The smallest absolute Gasteiger partial charge is 0.332 e. The molecule has 152 valence electrons. The van der Waals surface area contributed by atoms with Crippen molar-refractivity contribution in [2.75, 3.05) is 57.1 Å². The summed E-state index contributed by atoms with van der Waals surface area (Å²) in [7, 11) is 1.68. The van der Waals surface area contributed by atoms with Gasteiger partial charge in [-0.25, -0.2) is 4.79 Å². The van der Waals surface area contributed by atoms with Crippen molar-refractivity contribution in [3.05, 3.63) is 24.3 Å². The SMILES string of the molecule is CCOCC(COc1ccc(NC(=O)CC[S+](C)C)cc1)OC(=O)COC. The summed E-state index contributed by atoms with van der Waals surface area (Å²) < 4.78 is 21.0. The van der Waals surface area contributed by atoms with Gasteiger partial charge in [0.2, 0.25) is 5.91 Å². The molecule has 1 aromatic carbocycles. The van der Waals surface area contributed by atoms with Crippen LogP contribution in [0.15, 0.2) is 24.3 Å². The van der Waals surface area contributed by atoms with Gasteiger partial charge < -0.3 is 24.3 Å². The Kier molecular flexibility index (Phi) is 11.6. The molecule has 0 saturated carbocycles. The molecular formula is C19H30NO6S+. The fourth-order valence-corrected chi connectivity index (χ4v) is 2.64. The third kappa shape index (κ3) is 10.8. The van der Waals surface area contributed by atoms with E-state index in [2.05, 4.69) is 17.8 Å². The highest BCUT2D eigenvalue weighted by Gasteiger charge is 2.16. The van der Waals surface area contributed by atoms with Crippen molar-refractivity contribution in [3.8, 4) is 5.75 Å². The lowest BCUT2D eigenvalue weighted by Gasteiger charge is -2.18. The summed E-state index contributed by atoms with van der Waals surface area (Å²) in [5.74, 6) is 1.04. The van der Waals surface area contributed by atoms with Crippen LogP contribution in [0.3, 0.4) is 0 Å². The second-order valence-electron chi connectivity index (χ2n) is 6.03. The summed E-state index contributed by atoms with van der Waals surface area (Å²) >= 11 is 0. The highest BCUT2D eigenvalue weighted by atomic mass is 32.2. The lowest BCUT2D eigenvalue weighted by atomic mass is 10.3. The first-order valence-corrected chi connectivity index (χ1v) is 11.0. The van der Waals surface area contributed by atoms with E-state index in [0.717, 1.165) is 11.4 Å². The average Bonchev–Trinajstić information content (AvgIpc) is 2.63. The van der Waals surface area contributed by atoms with Crippen LogP contribution < -0.4 is 10.1 Å². The van der Waals surface area contributed by atoms with Crippen molar-refractivity contribution in [1.82, 2.24) is 0 Å². The minimum Gasteiger partial charge on any atom is -0.490 e. The van der Waals surface area contributed by atoms with E-state index in [0.29, 0.717) is 18.8 Å². The molecule has 1 rings (SSSR count). The fraction of sp³-hybridized carbons (Fsp3) is 0.579. The van der Waals surface area contributed by atoms with E-state index in [1.54, 1.807) is 24.3 Å². The number of rotatable bonds is 13. The number of carbonyl (C=O) groups is 2. The summed E-state index contributed by atoms with van der Waals surface area (Å²) in [6.07, 6.45) is 4.22. The maximum Gasteiger partial charge on any atom is 0.332 e. The number of benzene rings is 1. The first-order valence-electron chi connectivity index (χ1n) is 8.77. The van der Waals surface area contributed by atoms with Gasteiger partial charge in [-0.3, -0.25) is 4.79 Å². The van der Waals surface area contributed by atoms with Crippen molar-refractivity contribution in [1.29, 1.82) is 0 Å². The molecule has 0 aromatic heterocycles. The molecule has 0 bridgehead atoms. The molecule has 0 radical (unpaired) electrons. The Hall–Kier alpha value is -1.77. The number of anilines is 1. The predicted octanol–water partition coefficient (Wildman–Crippen LogP) is 1.87. The second kappa shape index (κ2) is 13.4. The molecule has 0 heterocycles. The monoisotopic (exact) mass is 400 g/mol. The molecule has 0 aliphatic heterocycles. The third-order valence-corrected chi connectivity index (χ3v) is 4.40. The van der Waals surface area contributed by atoms with E-state index >= 15 is 0 Å². The van der Waals surface area contributed by atoms with Crippen LogP contribution in [0.1, 0.15) is 13.3 Å². The van der Waals surface area contributed by atoms with E-state index in [9.17, 15) is 9.59 Å². The number of carbonyl (C=O) groups excluding carboxylic acids is 2. The molecule has 7 nitrogen and oxygen atoms in total. The summed E-state index contributed by atoms with van der Waals surface area (Å²) in [5, 5.41) is 2.86. The van der Waals surface area contributed by atoms with E-state index in [1.165, 1.54) is 7.11 Å². The van der Waals surface area contributed by atoms with Gasteiger partial charge in [0.25, 0.3) is 0 Å². The van der Waals surface area contributed by atoms with Gasteiger partial charge in [-0.15, -0.1) is 0 Å². The summed E-state index contributed by atoms with van der Waals surface area (Å²) in [6, 6.07) is 7.07. The predicted molar refractivity (Wildman–Crippen MR) is 108 cm³/mol. The molecule has 1 aromatic rings. The summed E-state index contributed by atoms with van der Waals surface area (Å²) in [5.41, 5.74) is 0.719. The second-order valence-corrected chi connectivity index (χ2v) is 8.41. The number of esters is 1. The Morgan fingerprint density at radius 3 is 2.44 bits per heavy atom. The lowest BCUT2D eigenvalue weighted by molar-refractivity contribution is -0.158. The number of ether oxygens (including phenoxy) is 4. The van der Waals surface area contributed by atoms with Crippen LogP contribution in [-0.4, -0.2) is 69.8 Å². The van der Waals surface area contributed by atoms with Gasteiger partial charge in [-0.1, -0.05) is 0 Å². The number of methoxy groups -OCH3 is 1. The molecular weight excluding hydrogens is 370 g/mol. The molecule has 1 amide bonds. The van der Waals surface area contributed by atoms with Crippen LogP contribution in [0.2, 0.25) is 0 Å². The third-order valence-electron chi connectivity index (χ3n) is 3.38. The summed E-state index contributed by atoms with van der Waals surface area (Å²) in [6.45, 7) is 2.68. The van der Waals surface area contributed by atoms with Crippen LogP contribution in [0.5, 0.6) is 5.75 Å². The first-order chi connectivity index (χ1) is 12.9. The molecule has 1 atom stereocenters. The van der Waals surface area contributed by atoms with Crippen LogP contribution in [0, 0.1) is 0 Å². The average molecular weight is 401 g/mol. The highest BCUT2D eigenvalue weighted by Crippen LogP contribution is 2.16. The van der Waals surface area contributed by atoms with E-state index in [-0.39, 0.29) is 36.6 Å². The Morgan fingerprint density at radius 2 is 1.85 bits per heavy atom. The molecule has 27 heavy (non-hydrogen) atoms. The van der Waals surface area contributed by atoms with Gasteiger partial charge in [0.05, 0.1) is 25.5 Å². The Bertz CT molecular complexity index is 564. The standard InChI is InChI=1S/C19H29NO6S/c1-5-24-12-17(26-19(22)14-23-2)13-25-16-8-6-15(7-9-16)20-18(21)10-11-27(3)4/h6-9,17H,5,10-14H2,1-4H3/p+1. The molecule has 1 N–H and O–H groups in total. The number of amides is 1. The van der Waals surface area contributed by atoms with Gasteiger partial charge in [0.1, 0.15) is 24.7 Å². The van der Waals surface area contributed by atoms with Crippen molar-refractivity contribution < 1.29 is 28.5 Å². The van der Waals surface area contributed by atoms with Crippen molar-refractivity contribution in [2.24, 2.45) is 0 Å². The normalized spacial score (nSPS) is 11.9. The van der Waals surface area contributed by atoms with Crippen molar-refractivity contribution >= 4 is 28.5 Å². The summed E-state index contributed by atoms with van der Waals surface area (Å²) in [4.78, 5) is 23.4. The van der Waals surface area contributed by atoms with Crippen LogP contribution in [0.4, 0.5) is 5.69 Å². The fourth-order valence-electron chi connectivity index (χ4n) is 2.05. The zero-order valence-electron chi connectivity index (χ0n) is 16.5. The van der Waals surface area contributed by atoms with Crippen molar-refractivity contribution in [3.63, 3.8) is 0 Å². The van der Waals surface area contributed by atoms with E-state index in [1.807, 2.05) is 6.92 Å². The minimum atomic E-state index is -0.524. The maximum absolute atomic E-state index is 11.9. The van der Waals surface area contributed by atoms with Gasteiger partial charge in [0, 0.05) is 19.4 Å². The van der Waals surface area contributed by atoms with E-state index < -0.39 is 12.1 Å². The number of hydrogen-bond donors (Lipinski definition) is 1. The van der Waals surface area contributed by atoms with Gasteiger partial charge >= 0.3 is 5.97 Å². The number of hydrogen-bond acceptors (Lipinski definition) is 6. The first kappa shape index (κ1) is 23.3. The topological polar surface area (TPSA) is 83.1 Å². The Labute approximate surface area is 164 Å². The molecule has 1 unspecified atom stereocenters. The minimum absolute atomic E-state index is 0.00621. The molecule has 0 saturated heterocycles. The zero-order valence-corrected chi connectivity index (χ0v) is 17.3. The Balaban J connectivity index is 2.49. The van der Waals surface area contributed by atoms with Crippen LogP contribution in [0.25, 0.3) is 0 Å². The Morgan fingerprint density at radius 1 is 1.15 bits per heavy atom. The zero-order chi connectivity index (χ0) is 20.1. The quantitative estimate of drug-likeness (QED) is 0.402. The van der Waals surface area contributed by atoms with Gasteiger partial charge in [-0.05, 0) is 42.1 Å². The maximum atomic E-state index is 11.9. The molecule has 8 heteroatoms. The molecule has 0 fully saturated rings. The lowest BCUT2D eigenvalue weighted by Crippen LogP contribution is -2.31. The van der Waals surface area contributed by atoms with Gasteiger partial charge in [0.15, 0.2) is 6.10 Å².